The molecule has 0 aliphatic carbocycles. The summed E-state index contributed by atoms with van der Waals surface area (Å²) in [6, 6.07) is -0.893. The minimum Gasteiger partial charge on any atom is -0.480 e. The van der Waals surface area contributed by atoms with Gasteiger partial charge in [-0.15, -0.1) is 0 Å². The number of amides is 1. The number of halogens is 3. The summed E-state index contributed by atoms with van der Waals surface area (Å²) >= 11 is 0. The number of ether oxygens (including phenoxy) is 1. The molecule has 0 bridgehead atoms. The minimum absolute atomic E-state index is 0.155. The van der Waals surface area contributed by atoms with Crippen molar-refractivity contribution in [3.8, 4) is 0 Å². The lowest BCUT2D eigenvalue weighted by Crippen LogP contribution is -2.43. The standard InChI is InChI=1S/C11H16F3NO4/c1-7-2-4-15(9(7)10(17)18)8(16)3-5-19-6-11(12,13)14/h7,9H,2-6H2,1H3,(H,17,18). The zero-order chi connectivity index (χ0) is 14.6. The molecule has 2 unspecified atom stereocenters. The molecule has 0 spiro atoms. The summed E-state index contributed by atoms with van der Waals surface area (Å²) in [5, 5.41) is 9.01. The summed E-state index contributed by atoms with van der Waals surface area (Å²) in [4.78, 5) is 23.9. The van der Waals surface area contributed by atoms with Crippen LogP contribution in [0, 0.1) is 5.92 Å². The summed E-state index contributed by atoms with van der Waals surface area (Å²) in [6.45, 7) is 0.275. The smallest absolute Gasteiger partial charge is 0.411 e. The molecule has 1 saturated heterocycles. The van der Waals surface area contributed by atoms with Gasteiger partial charge in [0.25, 0.3) is 0 Å². The first-order valence-electron chi connectivity index (χ1n) is 5.89. The van der Waals surface area contributed by atoms with Gasteiger partial charge in [0.1, 0.15) is 12.6 Å². The monoisotopic (exact) mass is 283 g/mol. The number of carbonyl (C=O) groups excluding carboxylic acids is 1. The van der Waals surface area contributed by atoms with Gasteiger partial charge in [0.05, 0.1) is 13.0 Å². The van der Waals surface area contributed by atoms with Crippen LogP contribution in [0.4, 0.5) is 13.2 Å². The largest absolute Gasteiger partial charge is 0.480 e. The molecule has 8 heteroatoms. The summed E-state index contributed by atoms with van der Waals surface area (Å²) in [5.74, 6) is -1.73. The highest BCUT2D eigenvalue weighted by atomic mass is 19.4. The highest BCUT2D eigenvalue weighted by Crippen LogP contribution is 2.24. The molecule has 1 fully saturated rings. The SMILES string of the molecule is CC1CCN(C(=O)CCOCC(F)(F)F)C1C(=O)O. The van der Waals surface area contributed by atoms with Crippen molar-refractivity contribution < 1.29 is 32.6 Å². The summed E-state index contributed by atoms with van der Waals surface area (Å²) in [6.07, 6.45) is -4.09. The predicted octanol–water partition coefficient (Wildman–Crippen LogP) is 1.28. The lowest BCUT2D eigenvalue weighted by atomic mass is 10.0. The number of likely N-dealkylation sites (tertiary alicyclic amines) is 1. The third-order valence-corrected chi connectivity index (χ3v) is 3.00. The number of carboxylic acids is 1. The van der Waals surface area contributed by atoms with Crippen LogP contribution in [0.1, 0.15) is 19.8 Å². The van der Waals surface area contributed by atoms with E-state index in [0.717, 1.165) is 0 Å². The normalized spacial score (nSPS) is 23.7. The van der Waals surface area contributed by atoms with E-state index in [2.05, 4.69) is 4.74 Å². The second-order valence-corrected chi connectivity index (χ2v) is 4.55. The molecule has 0 radical (unpaired) electrons. The maximum absolute atomic E-state index is 11.8. The number of nitrogens with zero attached hydrogens (tertiary/aromatic N) is 1. The van der Waals surface area contributed by atoms with Crippen molar-refractivity contribution in [2.45, 2.75) is 32.0 Å². The fourth-order valence-electron chi connectivity index (χ4n) is 2.09. The number of carboxylic acid groups (broad SMARTS) is 1. The molecular formula is C11H16F3NO4. The molecule has 1 heterocycles. The molecule has 1 rings (SSSR count). The molecule has 19 heavy (non-hydrogen) atoms. The molecule has 1 aliphatic rings. The highest BCUT2D eigenvalue weighted by Gasteiger charge is 2.39. The lowest BCUT2D eigenvalue weighted by molar-refractivity contribution is -0.175. The van der Waals surface area contributed by atoms with Crippen LogP contribution in [0.25, 0.3) is 0 Å². The second kappa shape index (κ2) is 6.23. The van der Waals surface area contributed by atoms with Crippen LogP contribution in [0.15, 0.2) is 0 Å². The van der Waals surface area contributed by atoms with Gasteiger partial charge >= 0.3 is 12.1 Å². The first-order valence-corrected chi connectivity index (χ1v) is 5.89. The number of hydrogen-bond donors (Lipinski definition) is 1. The van der Waals surface area contributed by atoms with Crippen molar-refractivity contribution in [2.24, 2.45) is 5.92 Å². The summed E-state index contributed by atoms with van der Waals surface area (Å²) in [7, 11) is 0. The van der Waals surface area contributed by atoms with Gasteiger partial charge in [0, 0.05) is 6.54 Å². The molecule has 1 amide bonds. The second-order valence-electron chi connectivity index (χ2n) is 4.55. The molecule has 0 aromatic heterocycles. The van der Waals surface area contributed by atoms with Crippen molar-refractivity contribution in [2.75, 3.05) is 19.8 Å². The minimum atomic E-state index is -4.42. The molecule has 5 nitrogen and oxygen atoms in total. The number of aliphatic carboxylic acids is 1. The quantitative estimate of drug-likeness (QED) is 0.772. The third kappa shape index (κ3) is 4.70. The average Bonchev–Trinajstić information content (AvgIpc) is 2.65. The molecule has 1 N–H and O–H groups in total. The first-order chi connectivity index (χ1) is 8.72. The Morgan fingerprint density at radius 1 is 1.42 bits per heavy atom. The van der Waals surface area contributed by atoms with Crippen molar-refractivity contribution >= 4 is 11.9 Å². The fourth-order valence-corrected chi connectivity index (χ4v) is 2.09. The van der Waals surface area contributed by atoms with E-state index >= 15 is 0 Å². The van der Waals surface area contributed by atoms with E-state index in [4.69, 9.17) is 5.11 Å². The molecule has 110 valence electrons. The Labute approximate surface area is 108 Å². The number of rotatable bonds is 5. The Kier molecular flexibility index (Phi) is 5.16. The van der Waals surface area contributed by atoms with E-state index in [1.807, 2.05) is 0 Å². The molecular weight excluding hydrogens is 267 g/mol. The summed E-state index contributed by atoms with van der Waals surface area (Å²) < 4.78 is 39.7. The Morgan fingerprint density at radius 2 is 2.05 bits per heavy atom. The van der Waals surface area contributed by atoms with Crippen LogP contribution in [0.2, 0.25) is 0 Å². The van der Waals surface area contributed by atoms with Crippen LogP contribution in [-0.2, 0) is 14.3 Å². The number of alkyl halides is 3. The number of hydrogen-bond acceptors (Lipinski definition) is 3. The van der Waals surface area contributed by atoms with Gasteiger partial charge in [0.2, 0.25) is 5.91 Å². The van der Waals surface area contributed by atoms with Crippen LogP contribution in [0.3, 0.4) is 0 Å². The molecule has 0 saturated carbocycles. The van der Waals surface area contributed by atoms with Gasteiger partial charge in [-0.25, -0.2) is 4.79 Å². The maximum atomic E-state index is 11.8. The van der Waals surface area contributed by atoms with E-state index < -0.39 is 30.7 Å². The Morgan fingerprint density at radius 3 is 2.58 bits per heavy atom. The van der Waals surface area contributed by atoms with Crippen molar-refractivity contribution in [3.63, 3.8) is 0 Å². The molecule has 2 atom stereocenters. The molecule has 0 aromatic carbocycles. The van der Waals surface area contributed by atoms with Gasteiger partial charge < -0.3 is 14.7 Å². The topological polar surface area (TPSA) is 66.8 Å². The maximum Gasteiger partial charge on any atom is 0.411 e. The van der Waals surface area contributed by atoms with Crippen LogP contribution < -0.4 is 0 Å². The van der Waals surface area contributed by atoms with Crippen LogP contribution in [-0.4, -0.2) is 53.9 Å². The molecule has 1 aliphatic heterocycles. The predicted molar refractivity (Wildman–Crippen MR) is 58.4 cm³/mol. The van der Waals surface area contributed by atoms with E-state index in [0.29, 0.717) is 13.0 Å². The van der Waals surface area contributed by atoms with Crippen LogP contribution >= 0.6 is 0 Å². The van der Waals surface area contributed by atoms with E-state index in [9.17, 15) is 22.8 Å². The number of carbonyl (C=O) groups is 2. The van der Waals surface area contributed by atoms with Gasteiger partial charge in [-0.2, -0.15) is 13.2 Å². The summed E-state index contributed by atoms with van der Waals surface area (Å²) in [5.41, 5.74) is 0. The van der Waals surface area contributed by atoms with E-state index in [1.54, 1.807) is 6.92 Å². The van der Waals surface area contributed by atoms with Crippen molar-refractivity contribution in [1.82, 2.24) is 4.90 Å². The van der Waals surface area contributed by atoms with Gasteiger partial charge in [-0.05, 0) is 12.3 Å². The zero-order valence-corrected chi connectivity index (χ0v) is 10.4. The lowest BCUT2D eigenvalue weighted by Gasteiger charge is -2.23. The van der Waals surface area contributed by atoms with E-state index in [1.165, 1.54) is 4.90 Å². The van der Waals surface area contributed by atoms with Gasteiger partial charge in [-0.3, -0.25) is 4.79 Å². The Bertz CT molecular complexity index is 345. The van der Waals surface area contributed by atoms with Gasteiger partial charge in [-0.1, -0.05) is 6.92 Å². The zero-order valence-electron chi connectivity index (χ0n) is 10.4. The third-order valence-electron chi connectivity index (χ3n) is 3.00. The van der Waals surface area contributed by atoms with Crippen molar-refractivity contribution in [3.05, 3.63) is 0 Å². The average molecular weight is 283 g/mol. The highest BCUT2D eigenvalue weighted by molar-refractivity contribution is 5.84. The Balaban J connectivity index is 2.39. The fraction of sp³-hybridized carbons (Fsp3) is 0.818. The van der Waals surface area contributed by atoms with Crippen LogP contribution in [0.5, 0.6) is 0 Å². The molecule has 0 aromatic rings. The van der Waals surface area contributed by atoms with E-state index in [-0.39, 0.29) is 18.9 Å². The van der Waals surface area contributed by atoms with Gasteiger partial charge in [0.15, 0.2) is 0 Å². The first kappa shape index (κ1) is 15.7. The van der Waals surface area contributed by atoms with Crippen molar-refractivity contribution in [1.29, 1.82) is 0 Å². The Hall–Kier alpha value is -1.31.